The van der Waals surface area contributed by atoms with E-state index in [1.807, 2.05) is 61.5 Å². The highest BCUT2D eigenvalue weighted by molar-refractivity contribution is 5.92. The van der Waals surface area contributed by atoms with Crippen LogP contribution >= 0.6 is 0 Å². The molecule has 1 N–H and O–H groups in total. The van der Waals surface area contributed by atoms with Gasteiger partial charge in [0, 0.05) is 0 Å². The molecule has 0 spiro atoms. The van der Waals surface area contributed by atoms with Gasteiger partial charge in [-0.15, -0.1) is 0 Å². The van der Waals surface area contributed by atoms with E-state index in [4.69, 9.17) is 0 Å². The Morgan fingerprint density at radius 2 is 1.58 bits per heavy atom. The Hall–Kier alpha value is -2.94. The van der Waals surface area contributed by atoms with Gasteiger partial charge in [-0.3, -0.25) is 4.79 Å². The van der Waals surface area contributed by atoms with Gasteiger partial charge in [-0.1, -0.05) is 60.7 Å². The predicted molar refractivity (Wildman–Crippen MR) is 95.3 cm³/mol. The van der Waals surface area contributed by atoms with E-state index in [0.29, 0.717) is 0 Å². The number of hydrogen-bond acceptors (Lipinski definition) is 1. The lowest BCUT2D eigenvalue weighted by Gasteiger charge is -2.08. The van der Waals surface area contributed by atoms with E-state index in [0.717, 1.165) is 22.3 Å². The Labute approximate surface area is 141 Å². The lowest BCUT2D eigenvalue weighted by molar-refractivity contribution is -0.115. The van der Waals surface area contributed by atoms with Crippen molar-refractivity contribution < 1.29 is 9.18 Å². The van der Waals surface area contributed by atoms with Gasteiger partial charge in [0.1, 0.15) is 5.82 Å². The maximum Gasteiger partial charge on any atom is 0.228 e. The van der Waals surface area contributed by atoms with Gasteiger partial charge in [-0.2, -0.15) is 0 Å². The minimum absolute atomic E-state index is 0.211. The van der Waals surface area contributed by atoms with Gasteiger partial charge in [0.25, 0.3) is 0 Å². The molecule has 0 aromatic heterocycles. The average molecular weight is 319 g/mol. The van der Waals surface area contributed by atoms with Gasteiger partial charge in [0.15, 0.2) is 0 Å². The lowest BCUT2D eigenvalue weighted by Crippen LogP contribution is -2.15. The van der Waals surface area contributed by atoms with Gasteiger partial charge < -0.3 is 5.32 Å². The molecule has 0 heterocycles. The van der Waals surface area contributed by atoms with Crippen molar-refractivity contribution in [1.29, 1.82) is 0 Å². The third-order valence-corrected chi connectivity index (χ3v) is 3.82. The molecule has 120 valence electrons. The number of benzene rings is 3. The summed E-state index contributed by atoms with van der Waals surface area (Å²) in [7, 11) is 0. The van der Waals surface area contributed by atoms with Crippen LogP contribution in [0.4, 0.5) is 10.1 Å². The van der Waals surface area contributed by atoms with E-state index < -0.39 is 5.82 Å². The fraction of sp³-hybridized carbons (Fsp3) is 0.0952. The van der Waals surface area contributed by atoms with Crippen molar-refractivity contribution in [3.63, 3.8) is 0 Å². The minimum Gasteiger partial charge on any atom is -0.323 e. The summed E-state index contributed by atoms with van der Waals surface area (Å²) in [5, 5.41) is 2.62. The molecule has 24 heavy (non-hydrogen) atoms. The third-order valence-electron chi connectivity index (χ3n) is 3.82. The number of halogens is 1. The molecule has 3 aromatic rings. The summed E-state index contributed by atoms with van der Waals surface area (Å²) in [5.74, 6) is -0.645. The van der Waals surface area contributed by atoms with Crippen molar-refractivity contribution in [1.82, 2.24) is 0 Å². The lowest BCUT2D eigenvalue weighted by atomic mass is 10.0. The summed E-state index contributed by atoms with van der Waals surface area (Å²) in [6, 6.07) is 22.6. The van der Waals surface area contributed by atoms with Gasteiger partial charge in [0.2, 0.25) is 5.91 Å². The van der Waals surface area contributed by atoms with Crippen molar-refractivity contribution in [3.05, 3.63) is 89.7 Å². The Morgan fingerprint density at radius 3 is 2.25 bits per heavy atom. The third kappa shape index (κ3) is 3.87. The van der Waals surface area contributed by atoms with Crippen molar-refractivity contribution in [2.24, 2.45) is 0 Å². The van der Waals surface area contributed by atoms with Crippen LogP contribution in [-0.4, -0.2) is 5.91 Å². The second-order valence-corrected chi connectivity index (χ2v) is 5.77. The van der Waals surface area contributed by atoms with E-state index >= 15 is 0 Å². The summed E-state index contributed by atoms with van der Waals surface area (Å²) in [6.45, 7) is 1.81. The fourth-order valence-corrected chi connectivity index (χ4v) is 2.55. The summed E-state index contributed by atoms with van der Waals surface area (Å²) in [4.78, 5) is 12.1. The van der Waals surface area contributed by atoms with Crippen molar-refractivity contribution in [2.45, 2.75) is 13.3 Å². The Bertz CT molecular complexity index is 841. The first kappa shape index (κ1) is 15.9. The zero-order chi connectivity index (χ0) is 16.9. The maximum atomic E-state index is 13.8. The molecule has 0 fully saturated rings. The molecule has 0 aliphatic heterocycles. The first-order chi connectivity index (χ1) is 11.6. The summed E-state index contributed by atoms with van der Waals surface area (Å²) in [5.41, 5.74) is 4.16. The molecule has 0 saturated carbocycles. The number of rotatable bonds is 4. The number of hydrogen-bond donors (Lipinski definition) is 1. The zero-order valence-corrected chi connectivity index (χ0v) is 13.4. The van der Waals surface area contributed by atoms with Crippen LogP contribution in [0.5, 0.6) is 0 Å². The SMILES string of the molecule is Cc1ccc(NC(=O)Cc2ccc(-c3ccccc3)cc2)c(F)c1. The van der Waals surface area contributed by atoms with Crippen LogP contribution in [0.3, 0.4) is 0 Å². The van der Waals surface area contributed by atoms with Crippen molar-refractivity contribution in [3.8, 4) is 11.1 Å². The monoisotopic (exact) mass is 319 g/mol. The number of carbonyl (C=O) groups is 1. The molecule has 3 rings (SSSR count). The molecular weight excluding hydrogens is 301 g/mol. The van der Waals surface area contributed by atoms with Gasteiger partial charge in [-0.25, -0.2) is 4.39 Å². The summed E-state index contributed by atoms with van der Waals surface area (Å²) >= 11 is 0. The molecule has 1 amide bonds. The fourth-order valence-electron chi connectivity index (χ4n) is 2.55. The molecule has 0 unspecified atom stereocenters. The van der Waals surface area contributed by atoms with Crippen LogP contribution in [-0.2, 0) is 11.2 Å². The van der Waals surface area contributed by atoms with Crippen molar-refractivity contribution in [2.75, 3.05) is 5.32 Å². The minimum atomic E-state index is -0.414. The van der Waals surface area contributed by atoms with E-state index in [2.05, 4.69) is 5.32 Å². The summed E-state index contributed by atoms with van der Waals surface area (Å²) in [6.07, 6.45) is 0.211. The largest absolute Gasteiger partial charge is 0.323 e. The van der Waals surface area contributed by atoms with Crippen LogP contribution < -0.4 is 5.32 Å². The van der Waals surface area contributed by atoms with E-state index in [1.165, 1.54) is 6.07 Å². The molecule has 0 saturated heterocycles. The van der Waals surface area contributed by atoms with Crippen LogP contribution in [0, 0.1) is 12.7 Å². The second kappa shape index (κ2) is 7.09. The first-order valence-corrected chi connectivity index (χ1v) is 7.82. The molecule has 2 nitrogen and oxygen atoms in total. The topological polar surface area (TPSA) is 29.1 Å². The molecule has 0 atom stereocenters. The highest BCUT2D eigenvalue weighted by atomic mass is 19.1. The number of amides is 1. The average Bonchev–Trinajstić information content (AvgIpc) is 2.59. The Balaban J connectivity index is 1.66. The Kier molecular flexibility index (Phi) is 4.71. The van der Waals surface area contributed by atoms with Crippen LogP contribution in [0.25, 0.3) is 11.1 Å². The Morgan fingerprint density at radius 1 is 0.917 bits per heavy atom. The highest BCUT2D eigenvalue weighted by Crippen LogP contribution is 2.20. The quantitative estimate of drug-likeness (QED) is 0.722. The maximum absolute atomic E-state index is 13.8. The second-order valence-electron chi connectivity index (χ2n) is 5.77. The molecular formula is C21H18FNO. The molecule has 0 bridgehead atoms. The molecule has 3 heteroatoms. The number of nitrogens with one attached hydrogen (secondary N) is 1. The molecule has 3 aromatic carbocycles. The standard InChI is InChI=1S/C21H18FNO/c1-15-7-12-20(19(22)13-15)23-21(24)14-16-8-10-18(11-9-16)17-5-3-2-4-6-17/h2-13H,14H2,1H3,(H,23,24). The molecule has 0 aliphatic carbocycles. The normalized spacial score (nSPS) is 10.4. The number of anilines is 1. The zero-order valence-electron chi connectivity index (χ0n) is 13.4. The van der Waals surface area contributed by atoms with Gasteiger partial charge >= 0.3 is 0 Å². The summed E-state index contributed by atoms with van der Waals surface area (Å²) < 4.78 is 13.8. The van der Waals surface area contributed by atoms with Crippen LogP contribution in [0.1, 0.15) is 11.1 Å². The highest BCUT2D eigenvalue weighted by Gasteiger charge is 2.08. The molecule has 0 aliphatic rings. The van der Waals surface area contributed by atoms with Crippen LogP contribution in [0.2, 0.25) is 0 Å². The predicted octanol–water partition coefficient (Wildman–Crippen LogP) is 4.98. The van der Waals surface area contributed by atoms with Crippen LogP contribution in [0.15, 0.2) is 72.8 Å². The molecule has 0 radical (unpaired) electrons. The smallest absolute Gasteiger partial charge is 0.228 e. The van der Waals surface area contributed by atoms with E-state index in [9.17, 15) is 9.18 Å². The van der Waals surface area contributed by atoms with Gasteiger partial charge in [0.05, 0.1) is 12.1 Å². The van der Waals surface area contributed by atoms with E-state index in [-0.39, 0.29) is 18.0 Å². The van der Waals surface area contributed by atoms with E-state index in [1.54, 1.807) is 12.1 Å². The number of carbonyl (C=O) groups excluding carboxylic acids is 1. The first-order valence-electron chi connectivity index (χ1n) is 7.82. The van der Waals surface area contributed by atoms with Crippen molar-refractivity contribution >= 4 is 11.6 Å². The number of aryl methyl sites for hydroxylation is 1. The van der Waals surface area contributed by atoms with Gasteiger partial charge in [-0.05, 0) is 41.3 Å².